The number of hydrogen-bond donors (Lipinski definition) is 0. The summed E-state index contributed by atoms with van der Waals surface area (Å²) >= 11 is 0. The average molecular weight is 238 g/mol. The molecule has 2 heteroatoms. The summed E-state index contributed by atoms with van der Waals surface area (Å²) in [6, 6.07) is 0. The Labute approximate surface area is 106 Å². The first-order valence-electron chi connectivity index (χ1n) is 6.83. The molecule has 0 aromatic heterocycles. The molecule has 2 aliphatic rings. The highest BCUT2D eigenvalue weighted by Crippen LogP contribution is 2.36. The SMILES string of the molecule is C1COCO1.CCCCC1(CC)C=CC=CC1. The molecule has 1 heterocycles. The predicted octanol–water partition coefficient (Wildman–Crippen LogP) is 4.08. The lowest BCUT2D eigenvalue weighted by molar-refractivity contribution is 0.0692. The molecule has 0 aromatic rings. The largest absolute Gasteiger partial charge is 0.353 e. The Morgan fingerprint density at radius 3 is 2.29 bits per heavy atom. The fourth-order valence-electron chi connectivity index (χ4n) is 2.16. The molecule has 2 nitrogen and oxygen atoms in total. The molecule has 0 N–H and O–H groups in total. The summed E-state index contributed by atoms with van der Waals surface area (Å²) in [5.41, 5.74) is 0.505. The third-order valence-corrected chi connectivity index (χ3v) is 3.49. The van der Waals surface area contributed by atoms with Crippen LogP contribution < -0.4 is 0 Å². The molecule has 0 bridgehead atoms. The van der Waals surface area contributed by atoms with Crippen LogP contribution in [0, 0.1) is 5.41 Å². The fourth-order valence-corrected chi connectivity index (χ4v) is 2.16. The quantitative estimate of drug-likeness (QED) is 0.734. The van der Waals surface area contributed by atoms with Crippen LogP contribution >= 0.6 is 0 Å². The second-order valence-electron chi connectivity index (χ2n) is 4.75. The Bertz CT molecular complexity index is 234. The van der Waals surface area contributed by atoms with Gasteiger partial charge in [-0.05, 0) is 24.7 Å². The average Bonchev–Trinajstić information content (AvgIpc) is 2.97. The summed E-state index contributed by atoms with van der Waals surface area (Å²) in [4.78, 5) is 0. The zero-order valence-corrected chi connectivity index (χ0v) is 11.3. The Hall–Kier alpha value is -0.600. The van der Waals surface area contributed by atoms with Crippen molar-refractivity contribution >= 4 is 0 Å². The highest BCUT2D eigenvalue weighted by Gasteiger charge is 2.23. The Balaban J connectivity index is 0.000000239. The standard InChI is InChI=1S/C12H20.C3H6O2/c1-3-5-9-12(4-2)10-7-6-8-11-12;1-2-5-3-4-1/h6-8,10H,3-5,9,11H2,1-2H3;1-3H2. The first kappa shape index (κ1) is 14.5. The van der Waals surface area contributed by atoms with Crippen LogP contribution in [0.25, 0.3) is 0 Å². The lowest BCUT2D eigenvalue weighted by Gasteiger charge is -2.29. The van der Waals surface area contributed by atoms with E-state index in [0.29, 0.717) is 12.2 Å². The van der Waals surface area contributed by atoms with Gasteiger partial charge in [-0.3, -0.25) is 0 Å². The minimum absolute atomic E-state index is 0.500. The third kappa shape index (κ3) is 5.51. The van der Waals surface area contributed by atoms with E-state index in [9.17, 15) is 0 Å². The van der Waals surface area contributed by atoms with Gasteiger partial charge in [0.05, 0.1) is 13.2 Å². The molecule has 17 heavy (non-hydrogen) atoms. The number of ether oxygens (including phenoxy) is 2. The first-order chi connectivity index (χ1) is 8.33. The van der Waals surface area contributed by atoms with Gasteiger partial charge in [0, 0.05) is 0 Å². The lowest BCUT2D eigenvalue weighted by Crippen LogP contribution is -2.17. The summed E-state index contributed by atoms with van der Waals surface area (Å²) in [6.45, 7) is 6.63. The topological polar surface area (TPSA) is 18.5 Å². The highest BCUT2D eigenvalue weighted by molar-refractivity contribution is 5.16. The van der Waals surface area contributed by atoms with Crippen LogP contribution in [0.2, 0.25) is 0 Å². The van der Waals surface area contributed by atoms with Gasteiger partial charge in [0.25, 0.3) is 0 Å². The van der Waals surface area contributed by atoms with Gasteiger partial charge in [0.2, 0.25) is 0 Å². The van der Waals surface area contributed by atoms with Gasteiger partial charge in [0.1, 0.15) is 6.79 Å². The van der Waals surface area contributed by atoms with E-state index in [1.807, 2.05) is 0 Å². The molecule has 0 saturated carbocycles. The van der Waals surface area contributed by atoms with E-state index >= 15 is 0 Å². The van der Waals surface area contributed by atoms with Crippen molar-refractivity contribution in [3.05, 3.63) is 24.3 Å². The van der Waals surface area contributed by atoms with Crippen molar-refractivity contribution in [1.29, 1.82) is 0 Å². The zero-order valence-electron chi connectivity index (χ0n) is 11.3. The molecule has 1 fully saturated rings. The monoisotopic (exact) mass is 238 g/mol. The fraction of sp³-hybridized carbons (Fsp3) is 0.733. The van der Waals surface area contributed by atoms with E-state index in [1.165, 1.54) is 32.1 Å². The second kappa shape index (κ2) is 8.48. The van der Waals surface area contributed by atoms with Crippen molar-refractivity contribution in [2.24, 2.45) is 5.41 Å². The van der Waals surface area contributed by atoms with Gasteiger partial charge in [-0.1, -0.05) is 51.0 Å². The molecule has 1 unspecified atom stereocenters. The van der Waals surface area contributed by atoms with Gasteiger partial charge < -0.3 is 9.47 Å². The first-order valence-corrected chi connectivity index (χ1v) is 6.83. The second-order valence-corrected chi connectivity index (χ2v) is 4.75. The van der Waals surface area contributed by atoms with Crippen LogP contribution in [-0.4, -0.2) is 20.0 Å². The van der Waals surface area contributed by atoms with Crippen molar-refractivity contribution in [1.82, 2.24) is 0 Å². The van der Waals surface area contributed by atoms with Crippen LogP contribution in [-0.2, 0) is 9.47 Å². The smallest absolute Gasteiger partial charge is 0.146 e. The van der Waals surface area contributed by atoms with E-state index in [0.717, 1.165) is 13.2 Å². The molecule has 0 aromatic carbocycles. The van der Waals surface area contributed by atoms with E-state index < -0.39 is 0 Å². The van der Waals surface area contributed by atoms with Crippen molar-refractivity contribution in [2.45, 2.75) is 46.0 Å². The molecular formula is C15H26O2. The number of allylic oxidation sites excluding steroid dienone is 4. The third-order valence-electron chi connectivity index (χ3n) is 3.49. The molecule has 1 aliphatic carbocycles. The van der Waals surface area contributed by atoms with E-state index in [2.05, 4.69) is 38.2 Å². The van der Waals surface area contributed by atoms with Gasteiger partial charge >= 0.3 is 0 Å². The van der Waals surface area contributed by atoms with Gasteiger partial charge in [-0.25, -0.2) is 0 Å². The number of hydrogen-bond acceptors (Lipinski definition) is 2. The maximum absolute atomic E-state index is 4.72. The van der Waals surface area contributed by atoms with Gasteiger partial charge in [-0.15, -0.1) is 0 Å². The molecule has 0 radical (unpaired) electrons. The molecular weight excluding hydrogens is 212 g/mol. The lowest BCUT2D eigenvalue weighted by atomic mass is 9.75. The Morgan fingerprint density at radius 1 is 1.12 bits per heavy atom. The molecule has 98 valence electrons. The number of unbranched alkanes of at least 4 members (excludes halogenated alkanes) is 1. The van der Waals surface area contributed by atoms with Gasteiger partial charge in [0.15, 0.2) is 0 Å². The Morgan fingerprint density at radius 2 is 1.88 bits per heavy atom. The van der Waals surface area contributed by atoms with E-state index in [1.54, 1.807) is 0 Å². The number of rotatable bonds is 4. The van der Waals surface area contributed by atoms with Crippen molar-refractivity contribution in [3.8, 4) is 0 Å². The minimum atomic E-state index is 0.500. The Kier molecular flexibility index (Phi) is 7.22. The van der Waals surface area contributed by atoms with E-state index in [4.69, 9.17) is 9.47 Å². The summed E-state index contributed by atoms with van der Waals surface area (Å²) in [5, 5.41) is 0. The summed E-state index contributed by atoms with van der Waals surface area (Å²) in [7, 11) is 0. The molecule has 1 aliphatic heterocycles. The van der Waals surface area contributed by atoms with Crippen molar-refractivity contribution in [3.63, 3.8) is 0 Å². The minimum Gasteiger partial charge on any atom is -0.353 e. The molecule has 0 spiro atoms. The van der Waals surface area contributed by atoms with E-state index in [-0.39, 0.29) is 0 Å². The maximum Gasteiger partial charge on any atom is 0.146 e. The van der Waals surface area contributed by atoms with Crippen molar-refractivity contribution < 1.29 is 9.47 Å². The van der Waals surface area contributed by atoms with Crippen molar-refractivity contribution in [2.75, 3.05) is 20.0 Å². The summed E-state index contributed by atoms with van der Waals surface area (Å²) in [5.74, 6) is 0. The summed E-state index contributed by atoms with van der Waals surface area (Å²) in [6.07, 6.45) is 15.7. The summed E-state index contributed by atoms with van der Waals surface area (Å²) < 4.78 is 9.44. The van der Waals surface area contributed by atoms with Crippen LogP contribution in [0.3, 0.4) is 0 Å². The molecule has 1 atom stereocenters. The van der Waals surface area contributed by atoms with Crippen LogP contribution in [0.4, 0.5) is 0 Å². The maximum atomic E-state index is 4.72. The predicted molar refractivity (Wildman–Crippen MR) is 71.9 cm³/mol. The van der Waals surface area contributed by atoms with Gasteiger partial charge in [-0.2, -0.15) is 0 Å². The normalized spacial score (nSPS) is 26.7. The van der Waals surface area contributed by atoms with Crippen LogP contribution in [0.5, 0.6) is 0 Å². The zero-order chi connectivity index (χ0) is 12.4. The van der Waals surface area contributed by atoms with Crippen LogP contribution in [0.1, 0.15) is 46.0 Å². The van der Waals surface area contributed by atoms with Crippen LogP contribution in [0.15, 0.2) is 24.3 Å². The highest BCUT2D eigenvalue weighted by atomic mass is 16.7. The molecule has 2 rings (SSSR count). The molecule has 0 amide bonds. The molecule has 1 saturated heterocycles.